The van der Waals surface area contributed by atoms with Gasteiger partial charge in [0.05, 0.1) is 0 Å². The van der Waals surface area contributed by atoms with Crippen molar-refractivity contribution in [1.29, 1.82) is 0 Å². The van der Waals surface area contributed by atoms with E-state index in [1.807, 2.05) is 0 Å². The molecule has 0 radical (unpaired) electrons. The molecule has 0 aliphatic rings. The minimum absolute atomic E-state index is 0.473. The number of carbonyl (C=O) groups excluding carboxylic acids is 1. The summed E-state index contributed by atoms with van der Waals surface area (Å²) in [5.41, 5.74) is 0. The molecule has 0 rings (SSSR count). The van der Waals surface area contributed by atoms with Gasteiger partial charge in [0.1, 0.15) is 6.10 Å². The zero-order valence-corrected chi connectivity index (χ0v) is 8.31. The van der Waals surface area contributed by atoms with E-state index in [0.29, 0.717) is 6.42 Å². The molecule has 7 heteroatoms. The molecule has 0 N–H and O–H groups in total. The molecule has 1 unspecified atom stereocenters. The molecule has 0 saturated carbocycles. The van der Waals surface area contributed by atoms with Crippen LogP contribution in [0.4, 0.5) is 22.4 Å². The maximum Gasteiger partial charge on any atom is 0.508 e. The molecule has 0 saturated heterocycles. The lowest BCUT2D eigenvalue weighted by molar-refractivity contribution is -0.159. The molecule has 0 amide bonds. The zero-order valence-electron chi connectivity index (χ0n) is 8.31. The first-order valence-corrected chi connectivity index (χ1v) is 4.29. The van der Waals surface area contributed by atoms with Gasteiger partial charge in [0, 0.05) is 0 Å². The number of carbonyl (C=O) groups is 1. The molecule has 0 fully saturated rings. The molecule has 0 aromatic carbocycles. The van der Waals surface area contributed by atoms with Gasteiger partial charge >= 0.3 is 18.5 Å². The van der Waals surface area contributed by atoms with E-state index in [1.165, 1.54) is 6.92 Å². The second-order valence-electron chi connectivity index (χ2n) is 2.94. The van der Waals surface area contributed by atoms with Gasteiger partial charge in [0.15, 0.2) is 6.61 Å². The van der Waals surface area contributed by atoms with Crippen molar-refractivity contribution in [2.24, 2.45) is 0 Å². The van der Waals surface area contributed by atoms with Gasteiger partial charge in [0.25, 0.3) is 0 Å². The first-order chi connectivity index (χ1) is 6.79. The van der Waals surface area contributed by atoms with E-state index in [9.17, 15) is 22.4 Å². The Morgan fingerprint density at radius 1 is 1.40 bits per heavy atom. The van der Waals surface area contributed by atoms with Crippen LogP contribution in [0.15, 0.2) is 0 Å². The molecule has 90 valence electrons. The average molecular weight is 232 g/mol. The lowest BCUT2D eigenvalue weighted by Crippen LogP contribution is -2.34. The molecule has 0 bridgehead atoms. The van der Waals surface area contributed by atoms with Crippen molar-refractivity contribution in [3.63, 3.8) is 0 Å². The normalized spacial score (nSPS) is 13.8. The highest BCUT2D eigenvalue weighted by Crippen LogP contribution is 2.23. The Balaban J connectivity index is 3.90. The van der Waals surface area contributed by atoms with Crippen LogP contribution in [0.2, 0.25) is 0 Å². The van der Waals surface area contributed by atoms with Crippen molar-refractivity contribution in [2.75, 3.05) is 6.61 Å². The number of hydrogen-bond acceptors (Lipinski definition) is 3. The molecule has 0 heterocycles. The standard InChI is InChI=1S/C8H12F4O3/c1-3-5(2)15-7(13)14-4-8(11,12)6(9)10/h5-6H,3-4H2,1-2H3. The fraction of sp³-hybridized carbons (Fsp3) is 0.875. The predicted octanol–water partition coefficient (Wildman–Crippen LogP) is 2.84. The number of halogens is 4. The number of ether oxygens (including phenoxy) is 2. The third-order valence-corrected chi connectivity index (χ3v) is 1.57. The molecule has 0 aliphatic heterocycles. The maximum atomic E-state index is 12.2. The summed E-state index contributed by atoms with van der Waals surface area (Å²) >= 11 is 0. The first kappa shape index (κ1) is 14.0. The van der Waals surface area contributed by atoms with Gasteiger partial charge < -0.3 is 9.47 Å². The third-order valence-electron chi connectivity index (χ3n) is 1.57. The van der Waals surface area contributed by atoms with Crippen LogP contribution < -0.4 is 0 Å². The molecule has 15 heavy (non-hydrogen) atoms. The molecule has 1 atom stereocenters. The Kier molecular flexibility index (Phi) is 5.38. The van der Waals surface area contributed by atoms with E-state index in [0.717, 1.165) is 0 Å². The highest BCUT2D eigenvalue weighted by atomic mass is 19.3. The van der Waals surface area contributed by atoms with E-state index < -0.39 is 31.2 Å². The Morgan fingerprint density at radius 3 is 2.33 bits per heavy atom. The quantitative estimate of drug-likeness (QED) is 0.540. The van der Waals surface area contributed by atoms with E-state index in [1.54, 1.807) is 6.92 Å². The Morgan fingerprint density at radius 2 is 1.93 bits per heavy atom. The smallest absolute Gasteiger partial charge is 0.431 e. The summed E-state index contributed by atoms with van der Waals surface area (Å²) in [6.45, 7) is 1.54. The van der Waals surface area contributed by atoms with Crippen LogP contribution in [0.1, 0.15) is 20.3 Å². The Labute approximate surface area is 84.3 Å². The van der Waals surface area contributed by atoms with Crippen molar-refractivity contribution in [1.82, 2.24) is 0 Å². The van der Waals surface area contributed by atoms with Gasteiger partial charge in [-0.25, -0.2) is 13.6 Å². The van der Waals surface area contributed by atoms with Crippen LogP contribution >= 0.6 is 0 Å². The number of hydrogen-bond donors (Lipinski definition) is 0. The number of alkyl halides is 4. The maximum absolute atomic E-state index is 12.2. The van der Waals surface area contributed by atoms with Gasteiger partial charge in [0.2, 0.25) is 0 Å². The highest BCUT2D eigenvalue weighted by Gasteiger charge is 2.42. The van der Waals surface area contributed by atoms with E-state index in [2.05, 4.69) is 9.47 Å². The second-order valence-corrected chi connectivity index (χ2v) is 2.94. The zero-order chi connectivity index (χ0) is 12.1. The van der Waals surface area contributed by atoms with Gasteiger partial charge in [-0.15, -0.1) is 0 Å². The van der Waals surface area contributed by atoms with E-state index in [-0.39, 0.29) is 0 Å². The van der Waals surface area contributed by atoms with E-state index >= 15 is 0 Å². The van der Waals surface area contributed by atoms with Crippen molar-refractivity contribution in [3.8, 4) is 0 Å². The molecule has 0 spiro atoms. The Bertz CT molecular complexity index is 208. The molecular formula is C8H12F4O3. The molecule has 0 aliphatic carbocycles. The summed E-state index contributed by atoms with van der Waals surface area (Å²) in [7, 11) is 0. The SMILES string of the molecule is CCC(C)OC(=O)OCC(F)(F)C(F)F. The largest absolute Gasteiger partial charge is 0.508 e. The van der Waals surface area contributed by atoms with Crippen molar-refractivity contribution < 1.29 is 31.8 Å². The van der Waals surface area contributed by atoms with E-state index in [4.69, 9.17) is 0 Å². The molecule has 3 nitrogen and oxygen atoms in total. The predicted molar refractivity (Wildman–Crippen MR) is 43.1 cm³/mol. The average Bonchev–Trinajstić information content (AvgIpc) is 2.14. The van der Waals surface area contributed by atoms with Crippen LogP contribution in [0.25, 0.3) is 0 Å². The summed E-state index contributed by atoms with van der Waals surface area (Å²) in [6.07, 6.45) is -5.27. The minimum Gasteiger partial charge on any atom is -0.431 e. The van der Waals surface area contributed by atoms with Crippen LogP contribution in [0, 0.1) is 0 Å². The number of rotatable bonds is 5. The van der Waals surface area contributed by atoms with Gasteiger partial charge in [-0.2, -0.15) is 8.78 Å². The molecular weight excluding hydrogens is 220 g/mol. The van der Waals surface area contributed by atoms with Crippen molar-refractivity contribution >= 4 is 6.16 Å². The van der Waals surface area contributed by atoms with Crippen LogP contribution in [-0.2, 0) is 9.47 Å². The monoisotopic (exact) mass is 232 g/mol. The van der Waals surface area contributed by atoms with Crippen molar-refractivity contribution in [3.05, 3.63) is 0 Å². The summed E-state index contributed by atoms with van der Waals surface area (Å²) in [4.78, 5) is 10.7. The van der Waals surface area contributed by atoms with Crippen LogP contribution in [0.5, 0.6) is 0 Å². The van der Waals surface area contributed by atoms with Crippen LogP contribution in [-0.4, -0.2) is 31.2 Å². The summed E-state index contributed by atoms with van der Waals surface area (Å²) in [5.74, 6) is -4.34. The summed E-state index contributed by atoms with van der Waals surface area (Å²) in [5, 5.41) is 0. The highest BCUT2D eigenvalue weighted by molar-refractivity contribution is 5.60. The second kappa shape index (κ2) is 5.77. The van der Waals surface area contributed by atoms with Gasteiger partial charge in [-0.1, -0.05) is 6.92 Å². The molecule has 0 aromatic heterocycles. The Hall–Kier alpha value is -1.01. The lowest BCUT2D eigenvalue weighted by atomic mass is 10.3. The fourth-order valence-electron chi connectivity index (χ4n) is 0.500. The summed E-state index contributed by atoms with van der Waals surface area (Å²) < 4.78 is 56.0. The first-order valence-electron chi connectivity index (χ1n) is 4.29. The molecule has 0 aromatic rings. The van der Waals surface area contributed by atoms with Gasteiger partial charge in [-0.05, 0) is 13.3 Å². The third kappa shape index (κ3) is 5.44. The minimum atomic E-state index is -4.34. The van der Waals surface area contributed by atoms with Crippen molar-refractivity contribution in [2.45, 2.75) is 38.7 Å². The topological polar surface area (TPSA) is 35.5 Å². The fourth-order valence-corrected chi connectivity index (χ4v) is 0.500. The summed E-state index contributed by atoms with van der Waals surface area (Å²) in [6, 6.07) is 0. The lowest BCUT2D eigenvalue weighted by Gasteiger charge is -2.16. The van der Waals surface area contributed by atoms with Gasteiger partial charge in [-0.3, -0.25) is 0 Å². The van der Waals surface area contributed by atoms with Crippen LogP contribution in [0.3, 0.4) is 0 Å².